The number of methoxy groups -OCH3 is 1. The number of aromatic nitrogens is 1. The molecule has 2 fully saturated rings. The maximum atomic E-state index is 14.4. The van der Waals surface area contributed by atoms with Crippen molar-refractivity contribution in [2.75, 3.05) is 31.4 Å². The fraction of sp³-hybridized carbons (Fsp3) is 0.324. The lowest BCUT2D eigenvalue weighted by molar-refractivity contribution is -0.126. The van der Waals surface area contributed by atoms with Gasteiger partial charge in [-0.1, -0.05) is 18.2 Å². The van der Waals surface area contributed by atoms with Crippen molar-refractivity contribution in [3.8, 4) is 23.0 Å². The molecule has 2 aliphatic rings. The third-order valence-electron chi connectivity index (χ3n) is 7.80. The molecule has 6 rings (SSSR count). The van der Waals surface area contributed by atoms with Crippen LogP contribution in [-0.2, 0) is 9.59 Å². The van der Waals surface area contributed by atoms with E-state index in [0.29, 0.717) is 53.3 Å². The molecule has 2 saturated carbocycles. The van der Waals surface area contributed by atoms with Crippen LogP contribution >= 0.6 is 0 Å². The summed E-state index contributed by atoms with van der Waals surface area (Å²) in [7, 11) is 3.29. The van der Waals surface area contributed by atoms with Gasteiger partial charge in [0.1, 0.15) is 17.5 Å². The largest absolute Gasteiger partial charge is 0.493 e. The average Bonchev–Trinajstić information content (AvgIpc) is 3.98. The summed E-state index contributed by atoms with van der Waals surface area (Å²) in [6.45, 7) is 0.476. The minimum absolute atomic E-state index is 0.124. The third kappa shape index (κ3) is 7.44. The quantitative estimate of drug-likeness (QED) is 0.0956. The Labute approximate surface area is 255 Å². The van der Waals surface area contributed by atoms with Gasteiger partial charge in [-0.15, -0.1) is 0 Å². The topological polar surface area (TPSA) is 119 Å². The highest BCUT2D eigenvalue weighted by Crippen LogP contribution is 2.44. The first kappa shape index (κ1) is 30.7. The first-order chi connectivity index (χ1) is 21.3. The number of para-hydroxylation sites is 1. The number of amides is 1. The van der Waals surface area contributed by atoms with Crippen LogP contribution in [0.3, 0.4) is 0 Å². The van der Waals surface area contributed by atoms with Gasteiger partial charge in [-0.05, 0) is 74.9 Å². The van der Waals surface area contributed by atoms with Gasteiger partial charge in [-0.3, -0.25) is 9.78 Å². The van der Waals surface area contributed by atoms with Gasteiger partial charge >= 0.3 is 0 Å². The summed E-state index contributed by atoms with van der Waals surface area (Å²) in [5, 5.41) is 16.2. The van der Waals surface area contributed by atoms with Crippen LogP contribution in [0.25, 0.3) is 10.9 Å². The van der Waals surface area contributed by atoms with Crippen LogP contribution in [0.2, 0.25) is 0 Å². The molecule has 1 aromatic heterocycles. The van der Waals surface area contributed by atoms with Crippen molar-refractivity contribution < 1.29 is 33.3 Å². The summed E-state index contributed by atoms with van der Waals surface area (Å²) in [6, 6.07) is 19.1. The Morgan fingerprint density at radius 3 is 2.39 bits per heavy atom. The predicted octanol–water partition coefficient (Wildman–Crippen LogP) is 6.50. The second-order valence-electron chi connectivity index (χ2n) is 11.1. The molecule has 1 amide bonds. The number of carbonyl (C=O) groups is 2. The summed E-state index contributed by atoms with van der Waals surface area (Å²) >= 11 is 0. The molecule has 0 saturated heterocycles. The summed E-state index contributed by atoms with van der Waals surface area (Å²) in [6.07, 6.45) is 6.95. The van der Waals surface area contributed by atoms with Crippen LogP contribution < -0.4 is 24.8 Å². The fourth-order valence-corrected chi connectivity index (χ4v) is 4.64. The number of rotatable bonds is 12. The van der Waals surface area contributed by atoms with Crippen LogP contribution in [0.1, 0.15) is 38.5 Å². The zero-order valence-corrected chi connectivity index (χ0v) is 24.8. The highest BCUT2D eigenvalue weighted by atomic mass is 19.1. The molecular weight excluding hydrogens is 565 g/mol. The van der Waals surface area contributed by atoms with E-state index in [1.165, 1.54) is 6.07 Å². The van der Waals surface area contributed by atoms with Crippen LogP contribution in [0, 0.1) is 11.2 Å². The number of nitrogens with zero attached hydrogens (tertiary/aromatic N) is 1. The zero-order chi connectivity index (χ0) is 31.2. The van der Waals surface area contributed by atoms with Crippen molar-refractivity contribution >= 4 is 34.5 Å². The molecule has 3 aromatic carbocycles. The molecule has 4 aromatic rings. The van der Waals surface area contributed by atoms with Gasteiger partial charge in [0.2, 0.25) is 5.91 Å². The van der Waals surface area contributed by atoms with E-state index in [2.05, 4.69) is 15.6 Å². The Balaban J connectivity index is 0.000000229. The standard InChI is InChI=1S/C23H25FN2O4.C11H11NO2/c1-25-15-4-5-20(17(24)12-15)30-19-6-10-26-18-14-22(21(28-2)13-16(18)19)29-11-3-7-23(27)8-9-23;13-8-11(6-7-11)10(14)12-9-4-2-1-3-5-9/h4-6,10,12-14,25,27H,3,7-9,11H2,1-2H3;1-5,8H,6-7H2,(H,12,14). The van der Waals surface area contributed by atoms with Crippen molar-refractivity contribution in [1.82, 2.24) is 4.98 Å². The molecule has 0 bridgehead atoms. The Kier molecular flexibility index (Phi) is 9.29. The molecule has 230 valence electrons. The third-order valence-corrected chi connectivity index (χ3v) is 7.80. The molecule has 44 heavy (non-hydrogen) atoms. The minimum Gasteiger partial charge on any atom is -0.493 e. The van der Waals surface area contributed by atoms with Crippen molar-refractivity contribution in [2.24, 2.45) is 5.41 Å². The van der Waals surface area contributed by atoms with E-state index in [4.69, 9.17) is 14.2 Å². The predicted molar refractivity (Wildman–Crippen MR) is 166 cm³/mol. The molecular formula is C34H36FN3O6. The van der Waals surface area contributed by atoms with Crippen LogP contribution in [0.4, 0.5) is 15.8 Å². The number of nitrogens with one attached hydrogen (secondary N) is 2. The van der Waals surface area contributed by atoms with Crippen molar-refractivity contribution in [3.05, 3.63) is 78.7 Å². The van der Waals surface area contributed by atoms with Crippen LogP contribution in [0.5, 0.6) is 23.0 Å². The van der Waals surface area contributed by atoms with E-state index in [-0.39, 0.29) is 11.7 Å². The highest BCUT2D eigenvalue weighted by Gasteiger charge is 2.50. The zero-order valence-electron chi connectivity index (χ0n) is 24.8. The minimum atomic E-state index is -0.726. The molecule has 10 heteroatoms. The Hall–Kier alpha value is -4.70. The van der Waals surface area contributed by atoms with Crippen LogP contribution in [-0.4, -0.2) is 48.6 Å². The number of aliphatic hydroxyl groups is 1. The van der Waals surface area contributed by atoms with Gasteiger partial charge < -0.3 is 34.7 Å². The SMILES string of the molecule is CNc1ccc(Oc2ccnc3cc(OCCCC4(O)CC4)c(OC)cc23)c(F)c1.O=CC1(C(=O)Nc2ccccc2)CC1. The average molecular weight is 602 g/mol. The molecule has 0 unspecified atom stereocenters. The van der Waals surface area contributed by atoms with Gasteiger partial charge in [-0.25, -0.2) is 4.39 Å². The number of hydrogen-bond donors (Lipinski definition) is 3. The molecule has 3 N–H and O–H groups in total. The van der Waals surface area contributed by atoms with E-state index in [1.54, 1.807) is 62.8 Å². The van der Waals surface area contributed by atoms with E-state index < -0.39 is 16.8 Å². The number of fused-ring (bicyclic) bond motifs is 1. The smallest absolute Gasteiger partial charge is 0.237 e. The number of benzene rings is 3. The first-order valence-electron chi connectivity index (χ1n) is 14.6. The number of aldehydes is 1. The molecule has 0 spiro atoms. The van der Waals surface area contributed by atoms with Crippen molar-refractivity contribution in [3.63, 3.8) is 0 Å². The van der Waals surface area contributed by atoms with Gasteiger partial charge in [-0.2, -0.15) is 0 Å². The lowest BCUT2D eigenvalue weighted by Gasteiger charge is -2.15. The summed E-state index contributed by atoms with van der Waals surface area (Å²) in [5.41, 5.74) is 0.847. The number of pyridine rings is 1. The Morgan fingerprint density at radius 2 is 1.75 bits per heavy atom. The Morgan fingerprint density at radius 1 is 0.977 bits per heavy atom. The first-order valence-corrected chi connectivity index (χ1v) is 14.6. The fourth-order valence-electron chi connectivity index (χ4n) is 4.64. The monoisotopic (exact) mass is 601 g/mol. The number of halogens is 1. The summed E-state index contributed by atoms with van der Waals surface area (Å²) in [4.78, 5) is 26.6. The molecule has 0 aliphatic heterocycles. The van der Waals surface area contributed by atoms with Crippen molar-refractivity contribution in [2.45, 2.75) is 44.1 Å². The Bertz CT molecular complexity index is 1620. The maximum Gasteiger partial charge on any atom is 0.237 e. The molecule has 0 radical (unpaired) electrons. The summed E-state index contributed by atoms with van der Waals surface area (Å²) < 4.78 is 31.5. The highest BCUT2D eigenvalue weighted by molar-refractivity contribution is 6.07. The number of anilines is 2. The van der Waals surface area contributed by atoms with Gasteiger partial charge in [0, 0.05) is 42.1 Å². The maximum absolute atomic E-state index is 14.4. The van der Waals surface area contributed by atoms with E-state index in [1.807, 2.05) is 18.2 Å². The van der Waals surface area contributed by atoms with Gasteiger partial charge in [0.15, 0.2) is 23.1 Å². The van der Waals surface area contributed by atoms with E-state index >= 15 is 0 Å². The number of hydrogen-bond acceptors (Lipinski definition) is 8. The normalized spacial score (nSPS) is 15.3. The lowest BCUT2D eigenvalue weighted by Crippen LogP contribution is -2.25. The van der Waals surface area contributed by atoms with Gasteiger partial charge in [0.05, 0.1) is 24.8 Å². The number of ether oxygens (including phenoxy) is 3. The van der Waals surface area contributed by atoms with Crippen molar-refractivity contribution in [1.29, 1.82) is 0 Å². The van der Waals surface area contributed by atoms with E-state index in [0.717, 1.165) is 37.7 Å². The second-order valence-corrected chi connectivity index (χ2v) is 11.1. The summed E-state index contributed by atoms with van der Waals surface area (Å²) in [5.74, 6) is 1.06. The number of carbonyl (C=O) groups excluding carboxylic acids is 2. The van der Waals surface area contributed by atoms with E-state index in [9.17, 15) is 19.1 Å². The van der Waals surface area contributed by atoms with Crippen LogP contribution in [0.15, 0.2) is 72.9 Å². The molecule has 1 heterocycles. The molecule has 2 aliphatic carbocycles. The molecule has 0 atom stereocenters. The molecule has 9 nitrogen and oxygen atoms in total. The van der Waals surface area contributed by atoms with Gasteiger partial charge in [0.25, 0.3) is 0 Å². The lowest BCUT2D eigenvalue weighted by atomic mass is 10.1. The second kappa shape index (κ2) is 13.3.